The number of rotatable bonds is 5. The number of hydrogen-bond acceptors (Lipinski definition) is 4. The van der Waals surface area contributed by atoms with Gasteiger partial charge in [-0.1, -0.05) is 12.5 Å². The molecule has 142 valence electrons. The Morgan fingerprint density at radius 2 is 2.00 bits per heavy atom. The van der Waals surface area contributed by atoms with Crippen LogP contribution in [-0.4, -0.2) is 69.0 Å². The Hall–Kier alpha value is -1.08. The summed E-state index contributed by atoms with van der Waals surface area (Å²) >= 11 is 0. The Balaban J connectivity index is 1.58. The molecule has 0 spiro atoms. The van der Waals surface area contributed by atoms with E-state index in [1.54, 1.807) is 0 Å². The normalized spacial score (nSPS) is 35.3. The highest BCUT2D eigenvalue weighted by atomic mass is 32.2. The maximum absolute atomic E-state index is 11.6. The van der Waals surface area contributed by atoms with Crippen molar-refractivity contribution in [2.24, 2.45) is 10.9 Å². The van der Waals surface area contributed by atoms with E-state index in [0.29, 0.717) is 37.0 Å². The Morgan fingerprint density at radius 1 is 1.28 bits per heavy atom. The molecular formula is C18H32N4O2S. The summed E-state index contributed by atoms with van der Waals surface area (Å²) in [4.78, 5) is 7.24. The molecule has 2 N–H and O–H groups in total. The molecule has 0 aromatic rings. The van der Waals surface area contributed by atoms with Gasteiger partial charge in [0.15, 0.2) is 15.8 Å². The van der Waals surface area contributed by atoms with Crippen LogP contribution in [0.15, 0.2) is 17.6 Å². The number of guanidine groups is 1. The predicted octanol–water partition coefficient (Wildman–Crippen LogP) is 1.16. The zero-order valence-electron chi connectivity index (χ0n) is 15.3. The van der Waals surface area contributed by atoms with Crippen molar-refractivity contribution in [2.75, 3.05) is 31.6 Å². The van der Waals surface area contributed by atoms with Crippen LogP contribution in [0.5, 0.6) is 0 Å². The van der Waals surface area contributed by atoms with Crippen molar-refractivity contribution in [2.45, 2.75) is 56.7 Å². The maximum atomic E-state index is 11.6. The third kappa shape index (κ3) is 4.97. The van der Waals surface area contributed by atoms with E-state index in [4.69, 9.17) is 0 Å². The van der Waals surface area contributed by atoms with Crippen LogP contribution in [0.2, 0.25) is 0 Å². The summed E-state index contributed by atoms with van der Waals surface area (Å²) in [7, 11) is -0.576. The Morgan fingerprint density at radius 3 is 2.60 bits per heavy atom. The van der Waals surface area contributed by atoms with Gasteiger partial charge in [-0.2, -0.15) is 0 Å². The molecule has 0 saturated carbocycles. The molecule has 0 amide bonds. The van der Waals surface area contributed by atoms with Gasteiger partial charge in [0.2, 0.25) is 0 Å². The molecular weight excluding hydrogens is 336 g/mol. The monoisotopic (exact) mass is 368 g/mol. The fourth-order valence-corrected chi connectivity index (χ4v) is 6.33. The fraction of sp³-hybridized carbons (Fsp3) is 0.833. The minimum atomic E-state index is -2.84. The van der Waals surface area contributed by atoms with Crippen LogP contribution in [-0.2, 0) is 9.84 Å². The molecule has 3 atom stereocenters. The summed E-state index contributed by atoms with van der Waals surface area (Å²) in [6.07, 6.45) is 8.78. The smallest absolute Gasteiger partial charge is 0.191 e. The van der Waals surface area contributed by atoms with Gasteiger partial charge < -0.3 is 15.5 Å². The summed E-state index contributed by atoms with van der Waals surface area (Å²) in [5.74, 6) is 1.55. The average Bonchev–Trinajstić information content (AvgIpc) is 2.90. The maximum Gasteiger partial charge on any atom is 0.191 e. The number of fused-ring (bicyclic) bond motifs is 2. The van der Waals surface area contributed by atoms with Crippen molar-refractivity contribution >= 4 is 15.8 Å². The summed E-state index contributed by atoms with van der Waals surface area (Å²) in [6, 6.07) is 1.78. The first-order valence-corrected chi connectivity index (χ1v) is 11.4. The SMILES string of the molecule is C=CCNC(=NCC1CCS(=O)(=O)C1)NC1CC2CCCC(C1)N2C. The Labute approximate surface area is 152 Å². The van der Waals surface area contributed by atoms with Crippen LogP contribution in [0, 0.1) is 5.92 Å². The second-order valence-corrected chi connectivity index (χ2v) is 10.1. The first-order chi connectivity index (χ1) is 12.0. The number of nitrogens with zero attached hydrogens (tertiary/aromatic N) is 2. The second kappa shape index (κ2) is 8.08. The molecule has 25 heavy (non-hydrogen) atoms. The molecule has 7 heteroatoms. The quantitative estimate of drug-likeness (QED) is 0.433. The molecule has 3 aliphatic rings. The number of hydrogen-bond donors (Lipinski definition) is 2. The lowest BCUT2D eigenvalue weighted by atomic mass is 9.82. The third-order valence-corrected chi connectivity index (χ3v) is 7.77. The highest BCUT2D eigenvalue weighted by molar-refractivity contribution is 7.91. The number of nitrogens with one attached hydrogen (secondary N) is 2. The zero-order chi connectivity index (χ0) is 17.9. The fourth-order valence-electron chi connectivity index (χ4n) is 4.48. The molecule has 0 radical (unpaired) electrons. The standard InChI is InChI=1S/C18H32N4O2S/c1-3-8-19-18(20-12-14-7-9-25(23,24)13-14)21-15-10-16-5-4-6-17(11-15)22(16)2/h3,14-17H,1,4-13H2,2H3,(H2,19,20,21). The van der Waals surface area contributed by atoms with Gasteiger partial charge in [-0.15, -0.1) is 6.58 Å². The molecule has 3 unspecified atom stereocenters. The lowest BCUT2D eigenvalue weighted by molar-refractivity contribution is 0.0526. The van der Waals surface area contributed by atoms with Crippen molar-refractivity contribution in [1.29, 1.82) is 0 Å². The second-order valence-electron chi connectivity index (χ2n) is 7.84. The lowest BCUT2D eigenvalue weighted by Crippen LogP contribution is -2.56. The average molecular weight is 369 g/mol. The minimum absolute atomic E-state index is 0.157. The zero-order valence-corrected chi connectivity index (χ0v) is 16.1. The van der Waals surface area contributed by atoms with Crippen LogP contribution in [0.3, 0.4) is 0 Å². The number of aliphatic imine (C=N–C) groups is 1. The lowest BCUT2D eigenvalue weighted by Gasteiger charge is -2.47. The number of sulfone groups is 1. The van der Waals surface area contributed by atoms with Crippen molar-refractivity contribution in [3.8, 4) is 0 Å². The molecule has 3 fully saturated rings. The summed E-state index contributed by atoms with van der Waals surface area (Å²) in [6.45, 7) is 5.00. The minimum Gasteiger partial charge on any atom is -0.354 e. The van der Waals surface area contributed by atoms with E-state index >= 15 is 0 Å². The van der Waals surface area contributed by atoms with E-state index in [0.717, 1.165) is 25.2 Å². The topological polar surface area (TPSA) is 73.8 Å². The van der Waals surface area contributed by atoms with E-state index < -0.39 is 9.84 Å². The van der Waals surface area contributed by atoms with Gasteiger partial charge in [0.05, 0.1) is 11.5 Å². The van der Waals surface area contributed by atoms with Crippen LogP contribution in [0.4, 0.5) is 0 Å². The molecule has 3 heterocycles. The van der Waals surface area contributed by atoms with Gasteiger partial charge in [0, 0.05) is 31.2 Å². The molecule has 3 aliphatic heterocycles. The first-order valence-electron chi connectivity index (χ1n) is 9.55. The van der Waals surface area contributed by atoms with E-state index in [-0.39, 0.29) is 11.7 Å². The Kier molecular flexibility index (Phi) is 6.04. The molecule has 3 saturated heterocycles. The highest BCUT2D eigenvalue weighted by Crippen LogP contribution is 2.32. The molecule has 0 aromatic carbocycles. The van der Waals surface area contributed by atoms with Crippen molar-refractivity contribution in [3.05, 3.63) is 12.7 Å². The van der Waals surface area contributed by atoms with Gasteiger partial charge in [-0.05, 0) is 45.1 Å². The summed E-state index contributed by atoms with van der Waals surface area (Å²) < 4.78 is 23.2. The third-order valence-electron chi connectivity index (χ3n) is 5.93. The van der Waals surface area contributed by atoms with E-state index in [9.17, 15) is 8.42 Å². The van der Waals surface area contributed by atoms with E-state index in [1.807, 2.05) is 6.08 Å². The van der Waals surface area contributed by atoms with Crippen LogP contribution in [0.25, 0.3) is 0 Å². The summed E-state index contributed by atoms with van der Waals surface area (Å²) in [5.41, 5.74) is 0. The van der Waals surface area contributed by atoms with Crippen molar-refractivity contribution in [1.82, 2.24) is 15.5 Å². The summed E-state index contributed by atoms with van der Waals surface area (Å²) in [5, 5.41) is 6.90. The molecule has 0 aliphatic carbocycles. The largest absolute Gasteiger partial charge is 0.354 e. The van der Waals surface area contributed by atoms with Gasteiger partial charge >= 0.3 is 0 Å². The van der Waals surface area contributed by atoms with Crippen molar-refractivity contribution < 1.29 is 8.42 Å². The van der Waals surface area contributed by atoms with Crippen LogP contribution in [0.1, 0.15) is 38.5 Å². The molecule has 6 nitrogen and oxygen atoms in total. The Bertz CT molecular complexity index is 590. The first kappa shape index (κ1) is 18.7. The van der Waals surface area contributed by atoms with Gasteiger partial charge in [0.25, 0.3) is 0 Å². The predicted molar refractivity (Wildman–Crippen MR) is 103 cm³/mol. The number of piperidine rings is 2. The van der Waals surface area contributed by atoms with Gasteiger partial charge in [0.1, 0.15) is 0 Å². The molecule has 3 rings (SSSR count). The van der Waals surface area contributed by atoms with Crippen LogP contribution >= 0.6 is 0 Å². The van der Waals surface area contributed by atoms with Crippen LogP contribution < -0.4 is 10.6 Å². The van der Waals surface area contributed by atoms with Crippen molar-refractivity contribution in [3.63, 3.8) is 0 Å². The van der Waals surface area contributed by atoms with E-state index in [2.05, 4.69) is 34.2 Å². The molecule has 2 bridgehead atoms. The van der Waals surface area contributed by atoms with Gasteiger partial charge in [-0.25, -0.2) is 8.42 Å². The van der Waals surface area contributed by atoms with E-state index in [1.165, 1.54) is 19.3 Å². The highest BCUT2D eigenvalue weighted by Gasteiger charge is 2.36. The molecule has 0 aromatic heterocycles. The van der Waals surface area contributed by atoms with Gasteiger partial charge in [-0.3, -0.25) is 4.99 Å².